The third kappa shape index (κ3) is 5.66. The molecule has 0 aliphatic heterocycles. The first-order valence-corrected chi connectivity index (χ1v) is 8.40. The van der Waals surface area contributed by atoms with Gasteiger partial charge in [-0.15, -0.1) is 0 Å². The first-order chi connectivity index (χ1) is 11.5. The van der Waals surface area contributed by atoms with Gasteiger partial charge in [0, 0.05) is 6.54 Å². The van der Waals surface area contributed by atoms with Crippen LogP contribution in [0.15, 0.2) is 24.3 Å². The monoisotopic (exact) mass is 351 g/mol. The van der Waals surface area contributed by atoms with Gasteiger partial charge in [0.05, 0.1) is 7.11 Å². The van der Waals surface area contributed by atoms with Gasteiger partial charge in [-0.05, 0) is 65.2 Å². The van der Waals surface area contributed by atoms with Crippen LogP contribution in [-0.2, 0) is 16.0 Å². The summed E-state index contributed by atoms with van der Waals surface area (Å²) in [6.07, 6.45) is 0.183. The second kappa shape index (κ2) is 8.23. The number of hydrogen-bond acceptors (Lipinski definition) is 4. The second-order valence-electron chi connectivity index (χ2n) is 7.15. The van der Waals surface area contributed by atoms with Crippen molar-refractivity contribution < 1.29 is 24.2 Å². The van der Waals surface area contributed by atoms with Crippen molar-refractivity contribution >= 4 is 12.1 Å². The van der Waals surface area contributed by atoms with Crippen LogP contribution in [0.4, 0.5) is 4.79 Å². The van der Waals surface area contributed by atoms with Crippen molar-refractivity contribution in [1.29, 1.82) is 0 Å². The summed E-state index contributed by atoms with van der Waals surface area (Å²) in [5.74, 6) is -0.303. The summed E-state index contributed by atoms with van der Waals surface area (Å²) in [4.78, 5) is 25.7. The summed E-state index contributed by atoms with van der Waals surface area (Å²) in [6.45, 7) is 8.84. The predicted molar refractivity (Wildman–Crippen MR) is 96.0 cm³/mol. The van der Waals surface area contributed by atoms with E-state index in [4.69, 9.17) is 9.47 Å². The number of ether oxygens (including phenoxy) is 2. The molecule has 0 saturated heterocycles. The quantitative estimate of drug-likeness (QED) is 0.810. The smallest absolute Gasteiger partial charge is 0.411 e. The van der Waals surface area contributed by atoms with Gasteiger partial charge in [-0.2, -0.15) is 0 Å². The summed E-state index contributed by atoms with van der Waals surface area (Å²) < 4.78 is 10.5. The van der Waals surface area contributed by atoms with Gasteiger partial charge in [0.15, 0.2) is 0 Å². The van der Waals surface area contributed by atoms with Crippen LogP contribution in [0, 0.1) is 0 Å². The maximum absolute atomic E-state index is 12.5. The van der Waals surface area contributed by atoms with E-state index in [0.29, 0.717) is 6.42 Å². The van der Waals surface area contributed by atoms with Crippen LogP contribution >= 0.6 is 0 Å². The summed E-state index contributed by atoms with van der Waals surface area (Å²) >= 11 is 0. The number of hydrogen-bond donors (Lipinski definition) is 1. The van der Waals surface area contributed by atoms with Crippen molar-refractivity contribution in [2.24, 2.45) is 0 Å². The zero-order valence-electron chi connectivity index (χ0n) is 16.0. The highest BCUT2D eigenvalue weighted by Crippen LogP contribution is 2.25. The number of carboxylic acid groups (broad SMARTS) is 1. The largest absolute Gasteiger partial charge is 0.497 e. The molecule has 0 aromatic heterocycles. The van der Waals surface area contributed by atoms with Gasteiger partial charge in [0.25, 0.3) is 0 Å². The molecule has 0 bridgehead atoms. The molecule has 0 fully saturated rings. The van der Waals surface area contributed by atoms with E-state index in [1.54, 1.807) is 41.7 Å². The van der Waals surface area contributed by atoms with E-state index in [9.17, 15) is 14.7 Å². The Kier molecular flexibility index (Phi) is 6.85. The first kappa shape index (κ1) is 20.8. The van der Waals surface area contributed by atoms with Gasteiger partial charge < -0.3 is 14.6 Å². The van der Waals surface area contributed by atoms with Gasteiger partial charge in [0.2, 0.25) is 0 Å². The number of carbonyl (C=O) groups excluding carboxylic acids is 1. The Hall–Kier alpha value is -2.24. The summed E-state index contributed by atoms with van der Waals surface area (Å²) in [6, 6.07) is 7.45. The van der Waals surface area contributed by atoms with Gasteiger partial charge in [0.1, 0.15) is 16.9 Å². The number of aryl methyl sites for hydroxylation is 1. The number of amides is 1. The molecule has 0 heterocycles. The fourth-order valence-corrected chi connectivity index (χ4v) is 2.53. The molecule has 1 aromatic carbocycles. The number of rotatable bonds is 7. The molecule has 1 unspecified atom stereocenters. The van der Waals surface area contributed by atoms with Crippen molar-refractivity contribution in [2.45, 2.75) is 58.6 Å². The van der Waals surface area contributed by atoms with E-state index in [1.807, 2.05) is 24.3 Å². The molecule has 1 atom stereocenters. The number of aliphatic carboxylic acids is 1. The molecule has 0 spiro atoms. The highest BCUT2D eigenvalue weighted by Gasteiger charge is 2.43. The molecule has 1 aromatic rings. The highest BCUT2D eigenvalue weighted by molar-refractivity contribution is 5.84. The highest BCUT2D eigenvalue weighted by atomic mass is 16.6. The molecule has 1 amide bonds. The fraction of sp³-hybridized carbons (Fsp3) is 0.579. The standard InChI is InChI=1S/C19H29NO5/c1-7-20(17(23)25-18(2,3)4)19(5,16(21)22)13-12-14-8-10-15(24-6)11-9-14/h8-11H,7,12-13H2,1-6H3,(H,21,22). The van der Waals surface area contributed by atoms with Gasteiger partial charge in [-0.25, -0.2) is 9.59 Å². The van der Waals surface area contributed by atoms with Crippen LogP contribution in [0.1, 0.15) is 46.6 Å². The summed E-state index contributed by atoms with van der Waals surface area (Å²) in [5, 5.41) is 9.77. The summed E-state index contributed by atoms with van der Waals surface area (Å²) in [5.41, 5.74) is -1.05. The number of carbonyl (C=O) groups is 2. The normalized spacial score (nSPS) is 13.7. The lowest BCUT2D eigenvalue weighted by atomic mass is 9.91. The molecule has 0 radical (unpaired) electrons. The van der Waals surface area contributed by atoms with Crippen LogP contribution < -0.4 is 4.74 Å². The Bertz CT molecular complexity index is 591. The molecule has 0 aliphatic carbocycles. The Balaban J connectivity index is 2.95. The van der Waals surface area contributed by atoms with Crippen LogP contribution in [0.3, 0.4) is 0 Å². The van der Waals surface area contributed by atoms with Crippen LogP contribution in [0.5, 0.6) is 5.75 Å². The van der Waals surface area contributed by atoms with E-state index < -0.39 is 23.2 Å². The second-order valence-corrected chi connectivity index (χ2v) is 7.15. The van der Waals surface area contributed by atoms with Crippen molar-refractivity contribution in [1.82, 2.24) is 4.90 Å². The number of benzene rings is 1. The van der Waals surface area contributed by atoms with Gasteiger partial charge >= 0.3 is 12.1 Å². The minimum Gasteiger partial charge on any atom is -0.497 e. The average Bonchev–Trinajstić information content (AvgIpc) is 2.52. The van der Waals surface area contributed by atoms with Crippen LogP contribution in [0.2, 0.25) is 0 Å². The van der Waals surface area contributed by atoms with Crippen LogP contribution in [0.25, 0.3) is 0 Å². The number of likely N-dealkylation sites (N-methyl/N-ethyl adjacent to an activating group) is 1. The van der Waals surface area contributed by atoms with Gasteiger partial charge in [-0.3, -0.25) is 4.90 Å². The van der Waals surface area contributed by atoms with Crippen molar-refractivity contribution in [2.75, 3.05) is 13.7 Å². The van der Waals surface area contributed by atoms with Crippen molar-refractivity contribution in [3.05, 3.63) is 29.8 Å². The average molecular weight is 351 g/mol. The van der Waals surface area contributed by atoms with Gasteiger partial charge in [-0.1, -0.05) is 12.1 Å². The maximum Gasteiger partial charge on any atom is 0.411 e. The van der Waals surface area contributed by atoms with E-state index in [-0.39, 0.29) is 13.0 Å². The molecule has 140 valence electrons. The number of methoxy groups -OCH3 is 1. The Morgan fingerprint density at radius 2 is 1.68 bits per heavy atom. The molecule has 1 rings (SSSR count). The predicted octanol–water partition coefficient (Wildman–Crippen LogP) is 3.73. The zero-order chi connectivity index (χ0) is 19.3. The van der Waals surface area contributed by atoms with E-state index in [0.717, 1.165) is 11.3 Å². The topological polar surface area (TPSA) is 76.1 Å². The third-order valence-electron chi connectivity index (χ3n) is 4.05. The Morgan fingerprint density at radius 1 is 1.12 bits per heavy atom. The molecule has 6 heteroatoms. The van der Waals surface area contributed by atoms with E-state index in [1.165, 1.54) is 4.90 Å². The van der Waals surface area contributed by atoms with E-state index in [2.05, 4.69) is 0 Å². The van der Waals surface area contributed by atoms with Crippen molar-refractivity contribution in [3.8, 4) is 5.75 Å². The Morgan fingerprint density at radius 3 is 2.08 bits per heavy atom. The molecule has 6 nitrogen and oxygen atoms in total. The van der Waals surface area contributed by atoms with E-state index >= 15 is 0 Å². The minimum absolute atomic E-state index is 0.250. The molecular weight excluding hydrogens is 322 g/mol. The lowest BCUT2D eigenvalue weighted by molar-refractivity contribution is -0.150. The summed E-state index contributed by atoms with van der Waals surface area (Å²) in [7, 11) is 1.59. The zero-order valence-corrected chi connectivity index (χ0v) is 16.0. The van der Waals surface area contributed by atoms with Crippen molar-refractivity contribution in [3.63, 3.8) is 0 Å². The minimum atomic E-state index is -1.35. The molecule has 25 heavy (non-hydrogen) atoms. The van der Waals surface area contributed by atoms with Crippen LogP contribution in [-0.4, -0.2) is 46.9 Å². The maximum atomic E-state index is 12.5. The first-order valence-electron chi connectivity index (χ1n) is 8.40. The lowest BCUT2D eigenvalue weighted by Crippen LogP contribution is -2.56. The Labute approximate surface area is 149 Å². The number of nitrogens with zero attached hydrogens (tertiary/aromatic N) is 1. The fourth-order valence-electron chi connectivity index (χ4n) is 2.53. The molecular formula is C19H29NO5. The number of carboxylic acids is 1. The molecule has 1 N–H and O–H groups in total. The molecule has 0 saturated carbocycles. The molecule has 0 aliphatic rings. The third-order valence-corrected chi connectivity index (χ3v) is 4.05. The SMILES string of the molecule is CCN(C(=O)OC(C)(C)C)C(C)(CCc1ccc(OC)cc1)C(=O)O. The lowest BCUT2D eigenvalue weighted by Gasteiger charge is -2.38.